The van der Waals surface area contributed by atoms with E-state index in [-0.39, 0.29) is 17.5 Å². The molecule has 21 heavy (non-hydrogen) atoms. The molecule has 0 aliphatic carbocycles. The standard InChI is InChI=1S/C8H13NO.C5H8O2.C2H6.CH2O/c1-3-7-5-4-6-9(2)8(7)10;1-5(2)3-4(6)7-5;2*1-2/h3H,4-6H2,1-2H3;3H2,1-2H3;1-2H3;1H2. The maximum Gasteiger partial charge on any atom is 0.310 e. The Balaban J connectivity index is 0. The molecule has 0 aromatic heterocycles. The Morgan fingerprint density at radius 2 is 1.71 bits per heavy atom. The Morgan fingerprint density at radius 3 is 1.95 bits per heavy atom. The van der Waals surface area contributed by atoms with Crippen LogP contribution in [0.3, 0.4) is 0 Å². The molecule has 0 bridgehead atoms. The Labute approximate surface area is 128 Å². The molecular weight excluding hydrogens is 270 g/mol. The number of nitrogens with zero attached hydrogens (tertiary/aromatic N) is 1. The van der Waals surface area contributed by atoms with Gasteiger partial charge in [0, 0.05) is 19.2 Å². The zero-order valence-electron chi connectivity index (χ0n) is 14.2. The molecule has 122 valence electrons. The molecule has 0 spiro atoms. The van der Waals surface area contributed by atoms with E-state index in [2.05, 4.69) is 4.74 Å². The van der Waals surface area contributed by atoms with Gasteiger partial charge in [0.25, 0.3) is 0 Å². The van der Waals surface area contributed by atoms with Crippen LogP contribution in [0.4, 0.5) is 0 Å². The molecule has 0 atom stereocenters. The van der Waals surface area contributed by atoms with E-state index in [1.54, 1.807) is 4.90 Å². The second-order valence-corrected chi connectivity index (χ2v) is 5.05. The first-order chi connectivity index (χ1) is 9.85. The van der Waals surface area contributed by atoms with Gasteiger partial charge in [0.1, 0.15) is 12.4 Å². The van der Waals surface area contributed by atoms with Crippen LogP contribution in [0, 0.1) is 0 Å². The van der Waals surface area contributed by atoms with Crippen LogP contribution >= 0.6 is 0 Å². The van der Waals surface area contributed by atoms with Gasteiger partial charge < -0.3 is 14.4 Å². The molecule has 2 rings (SSSR count). The normalized spacial score (nSPS) is 20.5. The lowest BCUT2D eigenvalue weighted by molar-refractivity contribution is -0.184. The first kappa shape index (κ1) is 21.6. The molecule has 2 aliphatic rings. The van der Waals surface area contributed by atoms with E-state index in [9.17, 15) is 9.59 Å². The van der Waals surface area contributed by atoms with Crippen molar-refractivity contribution >= 4 is 18.7 Å². The molecule has 5 nitrogen and oxygen atoms in total. The number of likely N-dealkylation sites (N-methyl/N-ethyl adjacent to an activating group) is 1. The van der Waals surface area contributed by atoms with Gasteiger partial charge in [0.05, 0.1) is 6.42 Å². The number of likely N-dealkylation sites (tertiary alicyclic amines) is 1. The summed E-state index contributed by atoms with van der Waals surface area (Å²) in [6.45, 7) is 12.6. The lowest BCUT2D eigenvalue weighted by Gasteiger charge is -2.32. The van der Waals surface area contributed by atoms with Crippen LogP contribution in [-0.4, -0.2) is 42.8 Å². The van der Waals surface area contributed by atoms with Crippen molar-refractivity contribution in [2.24, 2.45) is 0 Å². The zero-order valence-corrected chi connectivity index (χ0v) is 14.2. The number of carbonyl (C=O) groups is 3. The van der Waals surface area contributed by atoms with Crippen molar-refractivity contribution < 1.29 is 19.1 Å². The topological polar surface area (TPSA) is 63.7 Å². The Hall–Kier alpha value is -1.65. The molecule has 2 fully saturated rings. The third-order valence-corrected chi connectivity index (χ3v) is 2.87. The number of carbonyl (C=O) groups excluding carboxylic acids is 3. The number of rotatable bonds is 0. The number of piperidine rings is 1. The molecule has 0 aromatic rings. The van der Waals surface area contributed by atoms with E-state index in [1.165, 1.54) is 0 Å². The highest BCUT2D eigenvalue weighted by Crippen LogP contribution is 2.25. The average molecular weight is 299 g/mol. The van der Waals surface area contributed by atoms with Crippen LogP contribution in [0.15, 0.2) is 11.6 Å². The minimum Gasteiger partial charge on any atom is -0.459 e. The molecular formula is C16H29NO4. The predicted molar refractivity (Wildman–Crippen MR) is 83.9 cm³/mol. The third-order valence-electron chi connectivity index (χ3n) is 2.87. The first-order valence-corrected chi connectivity index (χ1v) is 7.27. The average Bonchev–Trinajstić information content (AvgIpc) is 2.45. The monoisotopic (exact) mass is 299 g/mol. The third kappa shape index (κ3) is 8.27. The van der Waals surface area contributed by atoms with Gasteiger partial charge in [-0.3, -0.25) is 9.59 Å². The van der Waals surface area contributed by atoms with E-state index in [4.69, 9.17) is 4.79 Å². The van der Waals surface area contributed by atoms with Crippen molar-refractivity contribution in [3.63, 3.8) is 0 Å². The highest BCUT2D eigenvalue weighted by molar-refractivity contribution is 5.93. The lowest BCUT2D eigenvalue weighted by atomic mass is 10.0. The van der Waals surface area contributed by atoms with Crippen molar-refractivity contribution in [2.45, 2.75) is 59.5 Å². The number of esters is 1. The first-order valence-electron chi connectivity index (χ1n) is 7.27. The zero-order chi connectivity index (χ0) is 17.1. The fourth-order valence-corrected chi connectivity index (χ4v) is 1.88. The van der Waals surface area contributed by atoms with Crippen LogP contribution in [0.1, 0.15) is 53.9 Å². The van der Waals surface area contributed by atoms with Gasteiger partial charge in [-0.15, -0.1) is 0 Å². The van der Waals surface area contributed by atoms with Gasteiger partial charge >= 0.3 is 5.97 Å². The summed E-state index contributed by atoms with van der Waals surface area (Å²) in [7, 11) is 1.85. The summed E-state index contributed by atoms with van der Waals surface area (Å²) in [6.07, 6.45) is 4.56. The highest BCUT2D eigenvalue weighted by atomic mass is 16.6. The second kappa shape index (κ2) is 11.1. The minimum absolute atomic E-state index is 0.0787. The number of ether oxygens (including phenoxy) is 1. The smallest absolute Gasteiger partial charge is 0.310 e. The van der Waals surface area contributed by atoms with Crippen LogP contribution in [0.2, 0.25) is 0 Å². The fraction of sp³-hybridized carbons (Fsp3) is 0.688. The predicted octanol–water partition coefficient (Wildman–Crippen LogP) is 2.74. The summed E-state index contributed by atoms with van der Waals surface area (Å²) in [5, 5.41) is 0. The Morgan fingerprint density at radius 1 is 1.24 bits per heavy atom. The quantitative estimate of drug-likeness (QED) is 0.509. The maximum atomic E-state index is 11.2. The molecule has 2 aliphatic heterocycles. The summed E-state index contributed by atoms with van der Waals surface area (Å²) in [5.74, 6) is 0.124. The summed E-state index contributed by atoms with van der Waals surface area (Å²) >= 11 is 0. The van der Waals surface area contributed by atoms with E-state index >= 15 is 0 Å². The number of hydrogen-bond donors (Lipinski definition) is 0. The largest absolute Gasteiger partial charge is 0.459 e. The second-order valence-electron chi connectivity index (χ2n) is 5.05. The molecule has 0 N–H and O–H groups in total. The molecule has 1 amide bonds. The molecule has 0 radical (unpaired) electrons. The molecule has 2 saturated heterocycles. The summed E-state index contributed by atoms with van der Waals surface area (Å²) in [5.41, 5.74) is 0.811. The van der Waals surface area contributed by atoms with Gasteiger partial charge in [-0.1, -0.05) is 19.9 Å². The number of amides is 1. The highest BCUT2D eigenvalue weighted by Gasteiger charge is 2.36. The molecule has 0 saturated carbocycles. The van der Waals surface area contributed by atoms with E-state index in [1.807, 2.05) is 54.5 Å². The summed E-state index contributed by atoms with van der Waals surface area (Å²) in [6, 6.07) is 0. The number of cyclic esters (lactones) is 1. The summed E-state index contributed by atoms with van der Waals surface area (Å²) in [4.78, 5) is 31.1. The van der Waals surface area contributed by atoms with Gasteiger partial charge in [-0.05, 0) is 33.6 Å². The Kier molecular flexibility index (Phi) is 11.4. The van der Waals surface area contributed by atoms with Crippen LogP contribution in [0.5, 0.6) is 0 Å². The SMILES string of the molecule is C=O.CC.CC1(C)CC(=O)O1.CC=C1CCCN(C)C1=O. The van der Waals surface area contributed by atoms with Crippen LogP contribution in [-0.2, 0) is 19.1 Å². The van der Waals surface area contributed by atoms with Gasteiger partial charge in [0.15, 0.2) is 0 Å². The van der Waals surface area contributed by atoms with Gasteiger partial charge in [0.2, 0.25) is 5.91 Å². The molecule has 2 heterocycles. The van der Waals surface area contributed by atoms with Gasteiger partial charge in [-0.25, -0.2) is 0 Å². The van der Waals surface area contributed by atoms with Crippen molar-refractivity contribution in [3.8, 4) is 0 Å². The molecule has 0 unspecified atom stereocenters. The lowest BCUT2D eigenvalue weighted by Crippen LogP contribution is -2.41. The van der Waals surface area contributed by atoms with Crippen LogP contribution in [0.25, 0.3) is 0 Å². The van der Waals surface area contributed by atoms with E-state index < -0.39 is 0 Å². The van der Waals surface area contributed by atoms with Gasteiger partial charge in [-0.2, -0.15) is 0 Å². The van der Waals surface area contributed by atoms with Crippen LogP contribution < -0.4 is 0 Å². The minimum atomic E-state index is -0.156. The van der Waals surface area contributed by atoms with Crippen molar-refractivity contribution in [1.82, 2.24) is 4.90 Å². The molecule has 5 heteroatoms. The number of allylic oxidation sites excluding steroid dienone is 1. The Bertz CT molecular complexity index is 351. The van der Waals surface area contributed by atoms with E-state index in [0.717, 1.165) is 25.0 Å². The number of hydrogen-bond acceptors (Lipinski definition) is 4. The fourth-order valence-electron chi connectivity index (χ4n) is 1.88. The molecule has 0 aromatic carbocycles. The van der Waals surface area contributed by atoms with Crippen molar-refractivity contribution in [1.29, 1.82) is 0 Å². The van der Waals surface area contributed by atoms with E-state index in [0.29, 0.717) is 6.42 Å². The van der Waals surface area contributed by atoms with Crippen molar-refractivity contribution in [2.75, 3.05) is 13.6 Å². The summed E-state index contributed by atoms with van der Waals surface area (Å²) < 4.78 is 4.69. The maximum absolute atomic E-state index is 11.2. The van der Waals surface area contributed by atoms with Crippen molar-refractivity contribution in [3.05, 3.63) is 11.6 Å².